The number of halogens is 1. The van der Waals surface area contributed by atoms with Gasteiger partial charge in [-0.15, -0.1) is 0 Å². The van der Waals surface area contributed by atoms with Gasteiger partial charge in [0.1, 0.15) is 5.82 Å². The fourth-order valence-corrected chi connectivity index (χ4v) is 4.97. The fraction of sp³-hybridized carbons (Fsp3) is 0.107. The number of carbonyl (C=O) groups is 1. The van der Waals surface area contributed by atoms with E-state index >= 15 is 0 Å². The van der Waals surface area contributed by atoms with Crippen LogP contribution in [0.5, 0.6) is 0 Å². The van der Waals surface area contributed by atoms with Crippen LogP contribution in [-0.2, 0) is 11.2 Å². The highest BCUT2D eigenvalue weighted by Gasteiger charge is 2.21. The van der Waals surface area contributed by atoms with Crippen LogP contribution < -0.4 is 5.32 Å². The summed E-state index contributed by atoms with van der Waals surface area (Å²) in [5, 5.41) is 2.99. The summed E-state index contributed by atoms with van der Waals surface area (Å²) in [4.78, 5) is 24.1. The quantitative estimate of drug-likeness (QED) is 0.530. The molecule has 0 saturated carbocycles. The first kappa shape index (κ1) is 22.0. The van der Waals surface area contributed by atoms with E-state index in [4.69, 9.17) is 4.99 Å². The molecule has 0 radical (unpaired) electrons. The average Bonchev–Trinajstić information content (AvgIpc) is 3.14. The van der Waals surface area contributed by atoms with Gasteiger partial charge < -0.3 is 5.32 Å². The van der Waals surface area contributed by atoms with Gasteiger partial charge >= 0.3 is 0 Å². The zero-order valence-electron chi connectivity index (χ0n) is 18.4. The largest absolute Gasteiger partial charge is 0.352 e. The monoisotopic (exact) mass is 467 g/mol. The molecule has 2 aromatic carbocycles. The third-order valence-electron chi connectivity index (χ3n) is 5.57. The molecule has 0 bridgehead atoms. The first-order valence-electron chi connectivity index (χ1n) is 11.1. The number of benzene rings is 2. The summed E-state index contributed by atoms with van der Waals surface area (Å²) in [5.41, 5.74) is 4.69. The molecule has 2 heterocycles. The van der Waals surface area contributed by atoms with Crippen LogP contribution in [0.15, 0.2) is 117 Å². The molecule has 2 aliphatic rings. The van der Waals surface area contributed by atoms with Crippen molar-refractivity contribution in [3.05, 3.63) is 130 Å². The second kappa shape index (κ2) is 10.0. The van der Waals surface area contributed by atoms with Crippen LogP contribution in [0.25, 0.3) is 0 Å². The first-order chi connectivity index (χ1) is 16.7. The Kier molecular flexibility index (Phi) is 6.49. The zero-order chi connectivity index (χ0) is 23.3. The Morgan fingerprint density at radius 3 is 2.85 bits per heavy atom. The predicted octanol–water partition coefficient (Wildman–Crippen LogP) is 5.62. The standard InChI is InChI=1S/C28H22FN3OS/c29-22-9-3-7-20(16-22)27-23-10-1-2-11-25(23)34-26-12-4-8-21(17-24(26)32-27)28(33)31-15-13-19-6-5-14-30-18-19/h1-11,14,16-18H,12-13,15H2,(H,31,33). The third-order valence-corrected chi connectivity index (χ3v) is 6.77. The number of thioether (sulfide) groups is 1. The summed E-state index contributed by atoms with van der Waals surface area (Å²) < 4.78 is 14.1. The summed E-state index contributed by atoms with van der Waals surface area (Å²) >= 11 is 1.64. The van der Waals surface area contributed by atoms with E-state index in [1.165, 1.54) is 12.1 Å². The Bertz CT molecular complexity index is 1360. The van der Waals surface area contributed by atoms with Crippen molar-refractivity contribution in [3.8, 4) is 0 Å². The normalized spacial score (nSPS) is 14.9. The molecule has 4 nitrogen and oxygen atoms in total. The number of allylic oxidation sites excluding steroid dienone is 3. The van der Waals surface area contributed by atoms with Gasteiger partial charge in [0.2, 0.25) is 0 Å². The van der Waals surface area contributed by atoms with Crippen LogP contribution in [-0.4, -0.2) is 23.1 Å². The molecule has 1 N–H and O–H groups in total. The van der Waals surface area contributed by atoms with E-state index in [1.807, 2.05) is 54.6 Å². The van der Waals surface area contributed by atoms with Crippen LogP contribution in [0.1, 0.15) is 23.1 Å². The highest BCUT2D eigenvalue weighted by molar-refractivity contribution is 8.03. The van der Waals surface area contributed by atoms with Gasteiger partial charge in [-0.1, -0.05) is 60.3 Å². The van der Waals surface area contributed by atoms with E-state index in [-0.39, 0.29) is 11.7 Å². The molecule has 1 aliphatic heterocycles. The maximum atomic E-state index is 14.1. The van der Waals surface area contributed by atoms with Gasteiger partial charge in [0.25, 0.3) is 5.91 Å². The molecular formula is C28H22FN3OS. The van der Waals surface area contributed by atoms with E-state index in [0.29, 0.717) is 36.2 Å². The molecule has 0 spiro atoms. The topological polar surface area (TPSA) is 54.4 Å². The van der Waals surface area contributed by atoms with Gasteiger partial charge in [-0.3, -0.25) is 9.78 Å². The highest BCUT2D eigenvalue weighted by Crippen LogP contribution is 2.40. The third kappa shape index (κ3) is 4.92. The number of nitrogens with zero attached hydrogens (tertiary/aromatic N) is 2. The van der Waals surface area contributed by atoms with Gasteiger partial charge in [0, 0.05) is 45.4 Å². The van der Waals surface area contributed by atoms with Crippen molar-refractivity contribution in [1.29, 1.82) is 0 Å². The first-order valence-corrected chi connectivity index (χ1v) is 11.9. The molecule has 6 heteroatoms. The zero-order valence-corrected chi connectivity index (χ0v) is 19.2. The lowest BCUT2D eigenvalue weighted by Gasteiger charge is -2.10. The van der Waals surface area contributed by atoms with Crippen molar-refractivity contribution in [2.24, 2.45) is 4.99 Å². The summed E-state index contributed by atoms with van der Waals surface area (Å²) in [6.45, 7) is 0.514. The summed E-state index contributed by atoms with van der Waals surface area (Å²) in [7, 11) is 0. The van der Waals surface area contributed by atoms with Gasteiger partial charge in [0.15, 0.2) is 0 Å². The predicted molar refractivity (Wildman–Crippen MR) is 134 cm³/mol. The Labute approximate surface area is 202 Å². The number of fused-ring (bicyclic) bond motifs is 1. The molecule has 5 rings (SSSR count). The van der Waals surface area contributed by atoms with Crippen molar-refractivity contribution in [2.45, 2.75) is 17.7 Å². The number of hydrogen-bond donors (Lipinski definition) is 1. The average molecular weight is 468 g/mol. The number of hydrogen-bond acceptors (Lipinski definition) is 4. The van der Waals surface area contributed by atoms with Gasteiger partial charge in [-0.25, -0.2) is 9.38 Å². The maximum absolute atomic E-state index is 14.1. The minimum absolute atomic E-state index is 0.150. The van der Waals surface area contributed by atoms with Crippen LogP contribution in [0.4, 0.5) is 4.39 Å². The molecule has 0 unspecified atom stereocenters. The lowest BCUT2D eigenvalue weighted by molar-refractivity contribution is -0.117. The molecule has 1 aromatic heterocycles. The Morgan fingerprint density at radius 2 is 2.00 bits per heavy atom. The molecule has 1 aliphatic carbocycles. The van der Waals surface area contributed by atoms with Crippen LogP contribution >= 0.6 is 11.8 Å². The highest BCUT2D eigenvalue weighted by atomic mass is 32.2. The van der Waals surface area contributed by atoms with Crippen LogP contribution in [0.2, 0.25) is 0 Å². The number of carbonyl (C=O) groups excluding carboxylic acids is 1. The van der Waals surface area contributed by atoms with Gasteiger partial charge in [-0.05, 0) is 48.7 Å². The number of aliphatic imine (C=N–C) groups is 1. The summed E-state index contributed by atoms with van der Waals surface area (Å²) in [6, 6.07) is 18.4. The molecule has 3 aromatic rings. The summed E-state index contributed by atoms with van der Waals surface area (Å²) in [5.74, 6) is -0.460. The number of nitrogens with one attached hydrogen (secondary N) is 1. The molecule has 0 atom stereocenters. The number of amides is 1. The van der Waals surface area contributed by atoms with Crippen molar-refractivity contribution in [3.63, 3.8) is 0 Å². The maximum Gasteiger partial charge on any atom is 0.251 e. The Balaban J connectivity index is 1.46. The van der Waals surface area contributed by atoms with Crippen molar-refractivity contribution >= 4 is 23.4 Å². The van der Waals surface area contributed by atoms with Crippen LogP contribution in [0.3, 0.4) is 0 Å². The molecule has 168 valence electrons. The second-order valence-corrected chi connectivity index (χ2v) is 9.09. The fourth-order valence-electron chi connectivity index (χ4n) is 3.89. The minimum Gasteiger partial charge on any atom is -0.352 e. The summed E-state index contributed by atoms with van der Waals surface area (Å²) in [6.07, 6.45) is 10.6. The van der Waals surface area contributed by atoms with Crippen LogP contribution in [0, 0.1) is 5.82 Å². The van der Waals surface area contributed by atoms with E-state index in [2.05, 4.69) is 16.4 Å². The molecule has 0 saturated heterocycles. The number of pyridine rings is 1. The molecule has 34 heavy (non-hydrogen) atoms. The number of aromatic nitrogens is 1. The molecule has 1 amide bonds. The van der Waals surface area contributed by atoms with E-state index < -0.39 is 0 Å². The number of rotatable bonds is 5. The lowest BCUT2D eigenvalue weighted by Crippen LogP contribution is -2.26. The SMILES string of the molecule is O=C(NCCc1cccnc1)C1=CC2=C(CC=C1)Sc1ccccc1C(c1cccc(F)c1)=N2. The van der Waals surface area contributed by atoms with E-state index in [1.54, 1.807) is 30.2 Å². The Hall–Kier alpha value is -3.77. The van der Waals surface area contributed by atoms with E-state index in [0.717, 1.165) is 26.6 Å². The van der Waals surface area contributed by atoms with Gasteiger partial charge in [0.05, 0.1) is 11.4 Å². The van der Waals surface area contributed by atoms with Gasteiger partial charge in [-0.2, -0.15) is 0 Å². The van der Waals surface area contributed by atoms with Crippen molar-refractivity contribution in [1.82, 2.24) is 10.3 Å². The second-order valence-electron chi connectivity index (χ2n) is 7.95. The van der Waals surface area contributed by atoms with Crippen molar-refractivity contribution < 1.29 is 9.18 Å². The van der Waals surface area contributed by atoms with Crippen molar-refractivity contribution in [2.75, 3.05) is 6.54 Å². The van der Waals surface area contributed by atoms with E-state index in [9.17, 15) is 9.18 Å². The minimum atomic E-state index is -0.310. The Morgan fingerprint density at radius 1 is 1.09 bits per heavy atom. The smallest absolute Gasteiger partial charge is 0.251 e. The molecular weight excluding hydrogens is 445 g/mol. The molecule has 0 fully saturated rings. The lowest BCUT2D eigenvalue weighted by atomic mass is 10.0.